The predicted octanol–water partition coefficient (Wildman–Crippen LogP) is 5.43. The Labute approximate surface area is 219 Å². The fourth-order valence-corrected chi connectivity index (χ4v) is 5.32. The van der Waals surface area contributed by atoms with Gasteiger partial charge in [0.25, 0.3) is 0 Å². The van der Waals surface area contributed by atoms with Gasteiger partial charge in [-0.2, -0.15) is 0 Å². The Morgan fingerprint density at radius 1 is 0.811 bits per heavy atom. The lowest BCUT2D eigenvalue weighted by molar-refractivity contribution is -0.126. The second kappa shape index (κ2) is 12.2. The zero-order valence-corrected chi connectivity index (χ0v) is 21.3. The lowest BCUT2D eigenvalue weighted by atomic mass is 9.94. The number of aliphatic hydroxyl groups excluding tert-OH is 1. The van der Waals surface area contributed by atoms with E-state index in [4.69, 9.17) is 0 Å². The number of hydrogen-bond donors (Lipinski definition) is 3. The molecule has 0 aromatic heterocycles. The first kappa shape index (κ1) is 25.2. The fraction of sp³-hybridized carbons (Fsp3) is 0.303. The maximum Gasteiger partial charge on any atom is 0.223 e. The number of nitrogens with one attached hydrogen (secondary N) is 2. The molecule has 1 amide bonds. The highest BCUT2D eigenvalue weighted by Crippen LogP contribution is 2.20. The van der Waals surface area contributed by atoms with Crippen LogP contribution in [-0.4, -0.2) is 36.8 Å². The largest absolute Gasteiger partial charge is 0.396 e. The van der Waals surface area contributed by atoms with Crippen LogP contribution in [0.2, 0.25) is 0 Å². The molecule has 1 aliphatic heterocycles. The van der Waals surface area contributed by atoms with Crippen molar-refractivity contribution < 1.29 is 9.90 Å². The van der Waals surface area contributed by atoms with Crippen molar-refractivity contribution >= 4 is 27.5 Å². The first-order chi connectivity index (χ1) is 18.2. The van der Waals surface area contributed by atoms with Crippen molar-refractivity contribution in [3.05, 3.63) is 108 Å². The van der Waals surface area contributed by atoms with Crippen molar-refractivity contribution in [3.8, 4) is 0 Å². The highest BCUT2D eigenvalue weighted by molar-refractivity contribution is 5.84. The lowest BCUT2D eigenvalue weighted by Crippen LogP contribution is -2.42. The van der Waals surface area contributed by atoms with Crippen LogP contribution in [0.25, 0.3) is 21.5 Å². The number of carbonyl (C=O) groups is 1. The summed E-state index contributed by atoms with van der Waals surface area (Å²) in [5.74, 6) is 0.169. The summed E-state index contributed by atoms with van der Waals surface area (Å²) in [5, 5.41) is 21.7. The highest BCUT2D eigenvalue weighted by Gasteiger charge is 2.23. The minimum atomic E-state index is -0.130. The molecular weight excluding hydrogens is 456 g/mol. The number of amides is 1. The van der Waals surface area contributed by atoms with E-state index in [1.165, 1.54) is 32.7 Å². The molecule has 0 radical (unpaired) electrons. The van der Waals surface area contributed by atoms with Gasteiger partial charge < -0.3 is 15.7 Å². The van der Waals surface area contributed by atoms with Crippen molar-refractivity contribution in [2.24, 2.45) is 11.8 Å². The third-order valence-electron chi connectivity index (χ3n) is 7.47. The van der Waals surface area contributed by atoms with Crippen LogP contribution >= 0.6 is 0 Å². The third kappa shape index (κ3) is 6.65. The van der Waals surface area contributed by atoms with Gasteiger partial charge in [0.15, 0.2) is 0 Å². The number of hydrogen-bond acceptors (Lipinski definition) is 3. The van der Waals surface area contributed by atoms with Gasteiger partial charge in [-0.1, -0.05) is 97.1 Å². The number of piperidine rings is 1. The summed E-state index contributed by atoms with van der Waals surface area (Å²) in [5.41, 5.74) is 2.39. The monoisotopic (exact) mass is 492 g/mol. The zero-order chi connectivity index (χ0) is 25.5. The summed E-state index contributed by atoms with van der Waals surface area (Å²) in [6.07, 6.45) is 7.40. The first-order valence-electron chi connectivity index (χ1n) is 13.4. The third-order valence-corrected chi connectivity index (χ3v) is 7.47. The predicted molar refractivity (Wildman–Crippen MR) is 153 cm³/mol. The average Bonchev–Trinajstić information content (AvgIpc) is 2.95. The minimum Gasteiger partial charge on any atom is -0.396 e. The van der Waals surface area contributed by atoms with E-state index in [0.29, 0.717) is 6.42 Å². The Kier molecular flexibility index (Phi) is 8.29. The Morgan fingerprint density at radius 2 is 1.38 bits per heavy atom. The average molecular weight is 493 g/mol. The van der Waals surface area contributed by atoms with Gasteiger partial charge in [0.05, 0.1) is 6.04 Å². The standard InChI is InChI=1S/C33H36N2O2/c36-23-26(19-24-9-12-27-5-1-3-7-30(27)20-24)11-14-32(35-33(37)29-15-17-34-18-16-29)22-25-10-13-28-6-2-4-8-31(28)21-25/h1-14,20-21,26,29,32,34,36H,15-19,22-23H2,(H,35,37)/t26?,32-/m0/s1. The minimum absolute atomic E-state index is 0.0175. The SMILES string of the molecule is O=C(N[C@@H](C=CC(CO)Cc1ccc2ccccc2c1)Cc1ccc2ccccc2c1)C1CCNCC1. The Morgan fingerprint density at radius 3 is 1.97 bits per heavy atom. The topological polar surface area (TPSA) is 61.4 Å². The Hall–Kier alpha value is -3.47. The molecule has 1 saturated heterocycles. The highest BCUT2D eigenvalue weighted by atomic mass is 16.3. The van der Waals surface area contributed by atoms with Gasteiger partial charge in [0, 0.05) is 18.4 Å². The van der Waals surface area contributed by atoms with Crippen LogP contribution in [0, 0.1) is 11.8 Å². The van der Waals surface area contributed by atoms with E-state index >= 15 is 0 Å². The molecule has 1 heterocycles. The van der Waals surface area contributed by atoms with Gasteiger partial charge in [-0.05, 0) is 71.4 Å². The Bertz CT molecular complexity index is 1370. The van der Waals surface area contributed by atoms with Crippen molar-refractivity contribution in [3.63, 3.8) is 0 Å². The molecule has 3 N–H and O–H groups in total. The van der Waals surface area contributed by atoms with E-state index in [1.807, 2.05) is 0 Å². The van der Waals surface area contributed by atoms with Gasteiger partial charge >= 0.3 is 0 Å². The number of rotatable bonds is 9. The summed E-state index contributed by atoms with van der Waals surface area (Å²) < 4.78 is 0. The number of carbonyl (C=O) groups excluding carboxylic acids is 1. The van der Waals surface area contributed by atoms with Gasteiger partial charge in [-0.3, -0.25) is 4.79 Å². The zero-order valence-electron chi connectivity index (χ0n) is 21.3. The molecule has 37 heavy (non-hydrogen) atoms. The first-order valence-corrected chi connectivity index (χ1v) is 13.4. The summed E-state index contributed by atoms with van der Waals surface area (Å²) >= 11 is 0. The molecule has 5 rings (SSSR count). The molecule has 0 saturated carbocycles. The second-order valence-electron chi connectivity index (χ2n) is 10.2. The summed E-state index contributed by atoms with van der Waals surface area (Å²) in [4.78, 5) is 13.1. The molecule has 1 fully saturated rings. The van der Waals surface area contributed by atoms with Crippen LogP contribution in [0.5, 0.6) is 0 Å². The summed E-state index contributed by atoms with van der Waals surface area (Å²) in [6, 6.07) is 29.6. The van der Waals surface area contributed by atoms with E-state index in [2.05, 4.69) is 108 Å². The molecule has 0 spiro atoms. The van der Waals surface area contributed by atoms with Crippen molar-refractivity contribution in [1.29, 1.82) is 0 Å². The van der Waals surface area contributed by atoms with Crippen molar-refractivity contribution in [2.75, 3.05) is 19.7 Å². The second-order valence-corrected chi connectivity index (χ2v) is 10.2. The lowest BCUT2D eigenvalue weighted by Gasteiger charge is -2.25. The van der Waals surface area contributed by atoms with E-state index in [9.17, 15) is 9.90 Å². The molecule has 4 heteroatoms. The molecule has 4 aromatic rings. The van der Waals surface area contributed by atoms with Gasteiger partial charge in [-0.25, -0.2) is 0 Å². The molecule has 4 aromatic carbocycles. The molecule has 0 aliphatic carbocycles. The van der Waals surface area contributed by atoms with Crippen LogP contribution in [0.1, 0.15) is 24.0 Å². The normalized spacial score (nSPS) is 16.2. The van der Waals surface area contributed by atoms with E-state index in [0.717, 1.165) is 32.4 Å². The summed E-state index contributed by atoms with van der Waals surface area (Å²) in [6.45, 7) is 1.84. The maximum absolute atomic E-state index is 13.1. The van der Waals surface area contributed by atoms with Gasteiger partial charge in [-0.15, -0.1) is 0 Å². The summed E-state index contributed by atoms with van der Waals surface area (Å²) in [7, 11) is 0. The molecule has 190 valence electrons. The maximum atomic E-state index is 13.1. The Balaban J connectivity index is 1.33. The van der Waals surface area contributed by atoms with Crippen LogP contribution < -0.4 is 10.6 Å². The molecule has 2 atom stereocenters. The van der Waals surface area contributed by atoms with Gasteiger partial charge in [0.1, 0.15) is 0 Å². The number of benzene rings is 4. The molecule has 0 bridgehead atoms. The van der Waals surface area contributed by atoms with E-state index in [-0.39, 0.29) is 30.4 Å². The molecule has 1 aliphatic rings. The van der Waals surface area contributed by atoms with Crippen molar-refractivity contribution in [1.82, 2.24) is 10.6 Å². The molecular formula is C33H36N2O2. The number of fused-ring (bicyclic) bond motifs is 2. The van der Waals surface area contributed by atoms with Crippen LogP contribution in [0.15, 0.2) is 97.1 Å². The van der Waals surface area contributed by atoms with Crippen LogP contribution in [0.3, 0.4) is 0 Å². The van der Waals surface area contributed by atoms with Crippen LogP contribution in [-0.2, 0) is 17.6 Å². The van der Waals surface area contributed by atoms with E-state index < -0.39 is 0 Å². The van der Waals surface area contributed by atoms with Gasteiger partial charge in [0.2, 0.25) is 5.91 Å². The molecule has 4 nitrogen and oxygen atoms in total. The van der Waals surface area contributed by atoms with E-state index in [1.54, 1.807) is 0 Å². The van der Waals surface area contributed by atoms with Crippen molar-refractivity contribution in [2.45, 2.75) is 31.7 Å². The fourth-order valence-electron chi connectivity index (χ4n) is 5.32. The smallest absolute Gasteiger partial charge is 0.223 e. The quantitative estimate of drug-likeness (QED) is 0.273. The van der Waals surface area contributed by atoms with Crippen LogP contribution in [0.4, 0.5) is 0 Å². The molecule has 1 unspecified atom stereocenters. The number of aliphatic hydroxyl groups is 1.